The lowest BCUT2D eigenvalue weighted by molar-refractivity contribution is -0.142. The molecule has 0 spiro atoms. The molecule has 1 amide bonds. The summed E-state index contributed by atoms with van der Waals surface area (Å²) >= 11 is 0. The quantitative estimate of drug-likeness (QED) is 0.927. The number of methoxy groups -OCH3 is 1. The van der Waals surface area contributed by atoms with E-state index >= 15 is 0 Å². The Morgan fingerprint density at radius 2 is 2.17 bits per heavy atom. The van der Waals surface area contributed by atoms with Crippen molar-refractivity contribution < 1.29 is 14.6 Å². The monoisotopic (exact) mass is 318 g/mol. The number of amides is 1. The molecule has 1 aromatic heterocycles. The fourth-order valence-electron chi connectivity index (χ4n) is 3.87. The maximum Gasteiger partial charge on any atom is 0.225 e. The van der Waals surface area contributed by atoms with Gasteiger partial charge in [-0.3, -0.25) is 9.78 Å². The van der Waals surface area contributed by atoms with Crippen LogP contribution in [0.4, 0.5) is 0 Å². The average Bonchev–Trinajstić information content (AvgIpc) is 2.62. The Bertz CT molecular complexity index is 526. The van der Waals surface area contributed by atoms with E-state index in [1.165, 1.54) is 0 Å². The van der Waals surface area contributed by atoms with Gasteiger partial charge in [0, 0.05) is 44.1 Å². The minimum absolute atomic E-state index is 0.0817. The van der Waals surface area contributed by atoms with Gasteiger partial charge in [0.15, 0.2) is 0 Å². The van der Waals surface area contributed by atoms with Crippen molar-refractivity contribution in [3.05, 3.63) is 30.1 Å². The zero-order valence-electron chi connectivity index (χ0n) is 13.8. The number of rotatable bonds is 3. The number of nitrogens with zero attached hydrogens (tertiary/aromatic N) is 2. The molecule has 1 aliphatic carbocycles. The van der Waals surface area contributed by atoms with Crippen LogP contribution in [0.1, 0.15) is 44.1 Å². The van der Waals surface area contributed by atoms with Crippen molar-refractivity contribution >= 4 is 5.91 Å². The van der Waals surface area contributed by atoms with E-state index in [0.29, 0.717) is 25.9 Å². The van der Waals surface area contributed by atoms with Gasteiger partial charge < -0.3 is 14.7 Å². The van der Waals surface area contributed by atoms with Gasteiger partial charge in [-0.15, -0.1) is 0 Å². The third-order valence-electron chi connectivity index (χ3n) is 5.41. The van der Waals surface area contributed by atoms with E-state index < -0.39 is 5.60 Å². The summed E-state index contributed by atoms with van der Waals surface area (Å²) in [6, 6.07) is 3.76. The Balaban J connectivity index is 1.59. The van der Waals surface area contributed by atoms with Crippen LogP contribution in [0.15, 0.2) is 24.5 Å². The molecule has 1 aliphatic heterocycles. The first-order chi connectivity index (χ1) is 11.1. The van der Waals surface area contributed by atoms with E-state index in [4.69, 9.17) is 4.74 Å². The topological polar surface area (TPSA) is 62.7 Å². The normalized spacial score (nSPS) is 27.7. The molecular formula is C18H26N2O3. The predicted molar refractivity (Wildman–Crippen MR) is 86.7 cm³/mol. The Morgan fingerprint density at radius 1 is 1.39 bits per heavy atom. The largest absolute Gasteiger partial charge is 0.385 e. The molecule has 0 unspecified atom stereocenters. The predicted octanol–water partition coefficient (Wildman–Crippen LogP) is 2.10. The molecule has 1 N–H and O–H groups in total. The molecule has 2 heterocycles. The fraction of sp³-hybridized carbons (Fsp3) is 0.667. The standard InChI is InChI=1S/C18H26N2O3/c1-23-16-6-2-4-14(12-16)17(21)20-10-7-18(22,8-11-20)15-5-3-9-19-13-15/h3,5,9,13-14,16,22H,2,4,6-8,10-12H2,1H3/t14-,16-/m1/s1. The van der Waals surface area contributed by atoms with Crippen LogP contribution in [0.3, 0.4) is 0 Å². The highest BCUT2D eigenvalue weighted by molar-refractivity contribution is 5.79. The van der Waals surface area contributed by atoms with Gasteiger partial charge in [-0.2, -0.15) is 0 Å². The fourth-order valence-corrected chi connectivity index (χ4v) is 3.87. The van der Waals surface area contributed by atoms with Crippen LogP contribution in [0, 0.1) is 5.92 Å². The average molecular weight is 318 g/mol. The van der Waals surface area contributed by atoms with Crippen LogP contribution >= 0.6 is 0 Å². The Kier molecular flexibility index (Phi) is 4.97. The molecule has 0 bridgehead atoms. The van der Waals surface area contributed by atoms with Crippen molar-refractivity contribution in [3.8, 4) is 0 Å². The summed E-state index contributed by atoms with van der Waals surface area (Å²) in [4.78, 5) is 18.8. The number of piperidine rings is 1. The van der Waals surface area contributed by atoms with Crippen molar-refractivity contribution in [1.82, 2.24) is 9.88 Å². The molecule has 0 aromatic carbocycles. The van der Waals surface area contributed by atoms with Crippen molar-refractivity contribution in [2.75, 3.05) is 20.2 Å². The third kappa shape index (κ3) is 3.56. The van der Waals surface area contributed by atoms with E-state index in [0.717, 1.165) is 31.2 Å². The highest BCUT2D eigenvalue weighted by Gasteiger charge is 2.38. The third-order valence-corrected chi connectivity index (χ3v) is 5.41. The van der Waals surface area contributed by atoms with E-state index in [-0.39, 0.29) is 17.9 Å². The summed E-state index contributed by atoms with van der Waals surface area (Å²) in [6.07, 6.45) is 8.71. The first kappa shape index (κ1) is 16.4. The van der Waals surface area contributed by atoms with Crippen LogP contribution in [0.5, 0.6) is 0 Å². The van der Waals surface area contributed by atoms with E-state index in [1.807, 2.05) is 17.0 Å². The second kappa shape index (κ2) is 6.97. The molecule has 2 aliphatic rings. The molecule has 2 atom stereocenters. The number of ether oxygens (including phenoxy) is 1. The van der Waals surface area contributed by atoms with Crippen molar-refractivity contribution in [1.29, 1.82) is 0 Å². The molecular weight excluding hydrogens is 292 g/mol. The Hall–Kier alpha value is -1.46. The lowest BCUT2D eigenvalue weighted by atomic mass is 9.83. The van der Waals surface area contributed by atoms with Crippen LogP contribution in [-0.4, -0.2) is 47.2 Å². The molecule has 23 heavy (non-hydrogen) atoms. The lowest BCUT2D eigenvalue weighted by Crippen LogP contribution is -2.48. The summed E-state index contributed by atoms with van der Waals surface area (Å²) in [7, 11) is 1.73. The number of carbonyl (C=O) groups is 1. The second-order valence-electron chi connectivity index (χ2n) is 6.82. The molecule has 5 heteroatoms. The van der Waals surface area contributed by atoms with Crippen LogP contribution in [0.25, 0.3) is 0 Å². The number of hydrogen-bond acceptors (Lipinski definition) is 4. The van der Waals surface area contributed by atoms with Gasteiger partial charge in [0.2, 0.25) is 5.91 Å². The van der Waals surface area contributed by atoms with E-state index in [1.54, 1.807) is 19.5 Å². The molecule has 2 fully saturated rings. The Morgan fingerprint density at radius 3 is 2.83 bits per heavy atom. The van der Waals surface area contributed by atoms with Crippen molar-refractivity contribution in [3.63, 3.8) is 0 Å². The van der Waals surface area contributed by atoms with Crippen molar-refractivity contribution in [2.45, 2.75) is 50.2 Å². The first-order valence-electron chi connectivity index (χ1n) is 8.57. The highest BCUT2D eigenvalue weighted by Crippen LogP contribution is 2.34. The number of likely N-dealkylation sites (tertiary alicyclic amines) is 1. The summed E-state index contributed by atoms with van der Waals surface area (Å²) in [6.45, 7) is 1.22. The van der Waals surface area contributed by atoms with Gasteiger partial charge in [0.05, 0.1) is 11.7 Å². The SMILES string of the molecule is CO[C@@H]1CCC[C@@H](C(=O)N2CCC(O)(c3cccnc3)CC2)C1. The highest BCUT2D eigenvalue weighted by atomic mass is 16.5. The number of aliphatic hydroxyl groups is 1. The molecule has 1 saturated carbocycles. The number of hydrogen-bond donors (Lipinski definition) is 1. The van der Waals surface area contributed by atoms with Gasteiger partial charge in [-0.05, 0) is 38.2 Å². The minimum atomic E-state index is -0.854. The van der Waals surface area contributed by atoms with Gasteiger partial charge in [-0.1, -0.05) is 12.5 Å². The molecule has 0 radical (unpaired) electrons. The van der Waals surface area contributed by atoms with Gasteiger partial charge in [0.25, 0.3) is 0 Å². The van der Waals surface area contributed by atoms with E-state index in [2.05, 4.69) is 4.98 Å². The van der Waals surface area contributed by atoms with E-state index in [9.17, 15) is 9.90 Å². The molecule has 1 saturated heterocycles. The van der Waals surface area contributed by atoms with Gasteiger partial charge in [0.1, 0.15) is 0 Å². The maximum absolute atomic E-state index is 12.7. The zero-order chi connectivity index (χ0) is 16.3. The minimum Gasteiger partial charge on any atom is -0.385 e. The molecule has 126 valence electrons. The second-order valence-corrected chi connectivity index (χ2v) is 6.82. The number of pyridine rings is 1. The van der Waals surface area contributed by atoms with Gasteiger partial charge in [-0.25, -0.2) is 0 Å². The van der Waals surface area contributed by atoms with Crippen LogP contribution in [-0.2, 0) is 15.1 Å². The smallest absolute Gasteiger partial charge is 0.225 e. The van der Waals surface area contributed by atoms with Crippen molar-refractivity contribution in [2.24, 2.45) is 5.92 Å². The molecule has 5 nitrogen and oxygen atoms in total. The van der Waals surface area contributed by atoms with Gasteiger partial charge >= 0.3 is 0 Å². The number of carbonyl (C=O) groups excluding carboxylic acids is 1. The number of aromatic nitrogens is 1. The summed E-state index contributed by atoms with van der Waals surface area (Å²) in [5.74, 6) is 0.318. The Labute approximate surface area is 137 Å². The zero-order valence-corrected chi connectivity index (χ0v) is 13.8. The lowest BCUT2D eigenvalue weighted by Gasteiger charge is -2.40. The first-order valence-corrected chi connectivity index (χ1v) is 8.57. The maximum atomic E-state index is 12.7. The molecule has 1 aromatic rings. The summed E-state index contributed by atoms with van der Waals surface area (Å²) in [5, 5.41) is 10.8. The van der Waals surface area contributed by atoms with Crippen LogP contribution in [0.2, 0.25) is 0 Å². The van der Waals surface area contributed by atoms with Crippen LogP contribution < -0.4 is 0 Å². The molecule has 3 rings (SSSR count). The summed E-state index contributed by atoms with van der Waals surface area (Å²) in [5.41, 5.74) is -0.00337. The summed E-state index contributed by atoms with van der Waals surface area (Å²) < 4.78 is 5.43.